The average Bonchev–Trinajstić information content (AvgIpc) is 2.29. The monoisotopic (exact) mass is 235 g/mol. The van der Waals surface area contributed by atoms with E-state index in [-0.39, 0.29) is 0 Å². The van der Waals surface area contributed by atoms with Crippen molar-refractivity contribution in [2.75, 3.05) is 18.0 Å². The SMILES string of the molecule is CC1(C)CCN(c2ncc(B(O)O)cn2)CC1. The van der Waals surface area contributed by atoms with Gasteiger partial charge in [0.25, 0.3) is 0 Å². The van der Waals surface area contributed by atoms with Crippen molar-refractivity contribution in [3.8, 4) is 0 Å². The molecule has 1 aliphatic rings. The molecule has 2 N–H and O–H groups in total. The molecule has 1 fully saturated rings. The summed E-state index contributed by atoms with van der Waals surface area (Å²) in [5, 5.41) is 17.9. The molecule has 1 aromatic rings. The molecule has 0 amide bonds. The number of piperidine rings is 1. The molecular formula is C11H18BN3O2. The van der Waals surface area contributed by atoms with E-state index in [4.69, 9.17) is 10.0 Å². The van der Waals surface area contributed by atoms with Gasteiger partial charge in [-0.2, -0.15) is 0 Å². The van der Waals surface area contributed by atoms with Crippen LogP contribution < -0.4 is 10.4 Å². The third kappa shape index (κ3) is 2.95. The zero-order valence-electron chi connectivity index (χ0n) is 10.3. The highest BCUT2D eigenvalue weighted by Gasteiger charge is 2.26. The van der Waals surface area contributed by atoms with E-state index in [0.717, 1.165) is 25.9 Å². The molecule has 6 heteroatoms. The van der Waals surface area contributed by atoms with Crippen molar-refractivity contribution >= 4 is 18.5 Å². The fraction of sp³-hybridized carbons (Fsp3) is 0.636. The van der Waals surface area contributed by atoms with Gasteiger partial charge in [-0.05, 0) is 18.3 Å². The minimum Gasteiger partial charge on any atom is -0.423 e. The molecule has 1 saturated heterocycles. The number of nitrogens with zero attached hydrogens (tertiary/aromatic N) is 3. The summed E-state index contributed by atoms with van der Waals surface area (Å²) in [5.41, 5.74) is 0.726. The molecule has 0 aliphatic carbocycles. The van der Waals surface area contributed by atoms with E-state index in [1.54, 1.807) is 0 Å². The Morgan fingerprint density at radius 2 is 1.71 bits per heavy atom. The minimum atomic E-state index is -1.50. The van der Waals surface area contributed by atoms with Crippen LogP contribution in [0.5, 0.6) is 0 Å². The summed E-state index contributed by atoms with van der Waals surface area (Å²) in [7, 11) is -1.50. The van der Waals surface area contributed by atoms with Crippen molar-refractivity contribution in [3.63, 3.8) is 0 Å². The van der Waals surface area contributed by atoms with Crippen LogP contribution in [0.2, 0.25) is 0 Å². The third-order valence-electron chi connectivity index (χ3n) is 3.36. The van der Waals surface area contributed by atoms with Crippen LogP contribution in [0.3, 0.4) is 0 Å². The summed E-state index contributed by atoms with van der Waals surface area (Å²) in [4.78, 5) is 10.5. The molecule has 92 valence electrons. The number of rotatable bonds is 2. The highest BCUT2D eigenvalue weighted by atomic mass is 16.4. The Balaban J connectivity index is 2.04. The highest BCUT2D eigenvalue weighted by Crippen LogP contribution is 2.30. The second kappa shape index (κ2) is 4.62. The molecule has 0 bridgehead atoms. The Kier molecular flexibility index (Phi) is 3.35. The van der Waals surface area contributed by atoms with Gasteiger partial charge in [0.05, 0.1) is 0 Å². The molecule has 2 heterocycles. The predicted molar refractivity (Wildman–Crippen MR) is 67.1 cm³/mol. The van der Waals surface area contributed by atoms with Crippen LogP contribution in [-0.2, 0) is 0 Å². The Labute approximate surface area is 102 Å². The lowest BCUT2D eigenvalue weighted by Crippen LogP contribution is -2.39. The molecule has 0 aromatic carbocycles. The molecule has 1 aliphatic heterocycles. The maximum Gasteiger partial charge on any atom is 0.491 e. The van der Waals surface area contributed by atoms with Crippen molar-refractivity contribution in [2.24, 2.45) is 5.41 Å². The van der Waals surface area contributed by atoms with Gasteiger partial charge in [-0.15, -0.1) is 0 Å². The van der Waals surface area contributed by atoms with Gasteiger partial charge in [0.2, 0.25) is 5.95 Å². The Hall–Kier alpha value is -1.14. The van der Waals surface area contributed by atoms with Gasteiger partial charge in [-0.1, -0.05) is 13.8 Å². The molecule has 0 unspecified atom stereocenters. The molecule has 5 nitrogen and oxygen atoms in total. The quantitative estimate of drug-likeness (QED) is 0.694. The van der Waals surface area contributed by atoms with E-state index >= 15 is 0 Å². The van der Waals surface area contributed by atoms with Crippen LogP contribution >= 0.6 is 0 Å². The summed E-state index contributed by atoms with van der Waals surface area (Å²) in [5.74, 6) is 0.671. The van der Waals surface area contributed by atoms with Crippen LogP contribution in [0.1, 0.15) is 26.7 Å². The van der Waals surface area contributed by atoms with E-state index in [2.05, 4.69) is 28.7 Å². The van der Waals surface area contributed by atoms with Crippen molar-refractivity contribution in [1.82, 2.24) is 9.97 Å². The fourth-order valence-electron chi connectivity index (χ4n) is 1.94. The number of anilines is 1. The second-order valence-electron chi connectivity index (χ2n) is 5.34. The summed E-state index contributed by atoms with van der Waals surface area (Å²) < 4.78 is 0. The Morgan fingerprint density at radius 3 is 2.18 bits per heavy atom. The van der Waals surface area contributed by atoms with Gasteiger partial charge in [0, 0.05) is 30.9 Å². The van der Waals surface area contributed by atoms with Gasteiger partial charge in [0.1, 0.15) is 0 Å². The van der Waals surface area contributed by atoms with Gasteiger partial charge in [-0.25, -0.2) is 9.97 Å². The van der Waals surface area contributed by atoms with E-state index in [0.29, 0.717) is 16.8 Å². The van der Waals surface area contributed by atoms with Crippen molar-refractivity contribution in [2.45, 2.75) is 26.7 Å². The van der Waals surface area contributed by atoms with Crippen LogP contribution in [0.4, 0.5) is 5.95 Å². The first-order chi connectivity index (χ1) is 7.98. The minimum absolute atomic E-state index is 0.325. The normalized spacial score (nSPS) is 19.2. The van der Waals surface area contributed by atoms with Crippen LogP contribution in [-0.4, -0.2) is 40.2 Å². The fourth-order valence-corrected chi connectivity index (χ4v) is 1.94. The second-order valence-corrected chi connectivity index (χ2v) is 5.34. The van der Waals surface area contributed by atoms with Crippen molar-refractivity contribution < 1.29 is 10.0 Å². The Morgan fingerprint density at radius 1 is 1.18 bits per heavy atom. The van der Waals surface area contributed by atoms with Gasteiger partial charge < -0.3 is 14.9 Å². The van der Waals surface area contributed by atoms with Crippen molar-refractivity contribution in [1.29, 1.82) is 0 Å². The molecule has 17 heavy (non-hydrogen) atoms. The first-order valence-electron chi connectivity index (χ1n) is 5.91. The highest BCUT2D eigenvalue weighted by molar-refractivity contribution is 6.58. The maximum atomic E-state index is 8.96. The van der Waals surface area contributed by atoms with E-state index in [9.17, 15) is 0 Å². The van der Waals surface area contributed by atoms with Crippen molar-refractivity contribution in [3.05, 3.63) is 12.4 Å². The largest absolute Gasteiger partial charge is 0.491 e. The maximum absolute atomic E-state index is 8.96. The van der Waals surface area contributed by atoms with Crippen LogP contribution in [0.15, 0.2) is 12.4 Å². The number of hydrogen-bond acceptors (Lipinski definition) is 5. The summed E-state index contributed by atoms with van der Waals surface area (Å²) >= 11 is 0. The lowest BCUT2D eigenvalue weighted by Gasteiger charge is -2.36. The van der Waals surface area contributed by atoms with Gasteiger partial charge in [0.15, 0.2) is 0 Å². The molecule has 0 radical (unpaired) electrons. The van der Waals surface area contributed by atoms with Gasteiger partial charge >= 0.3 is 7.12 Å². The molecule has 1 aromatic heterocycles. The molecular weight excluding hydrogens is 217 g/mol. The van der Waals surface area contributed by atoms with Gasteiger partial charge in [-0.3, -0.25) is 0 Å². The lowest BCUT2D eigenvalue weighted by molar-refractivity contribution is 0.278. The average molecular weight is 235 g/mol. The molecule has 0 spiro atoms. The zero-order chi connectivity index (χ0) is 12.5. The molecule has 0 saturated carbocycles. The number of hydrogen-bond donors (Lipinski definition) is 2. The lowest BCUT2D eigenvalue weighted by atomic mass is 9.82. The third-order valence-corrected chi connectivity index (χ3v) is 3.36. The molecule has 2 rings (SSSR count). The first-order valence-corrected chi connectivity index (χ1v) is 5.91. The predicted octanol–water partition coefficient (Wildman–Crippen LogP) is -0.217. The standard InChI is InChI=1S/C11H18BN3O2/c1-11(2)3-5-15(6-4-11)10-13-7-9(8-14-10)12(16)17/h7-8,16-17H,3-6H2,1-2H3. The first kappa shape index (κ1) is 12.3. The number of aromatic nitrogens is 2. The summed E-state index contributed by atoms with van der Waals surface area (Å²) in [6, 6.07) is 0. The van der Waals surface area contributed by atoms with E-state index in [1.807, 2.05) is 0 Å². The summed E-state index contributed by atoms with van der Waals surface area (Å²) in [6.45, 7) is 6.45. The molecule has 0 atom stereocenters. The smallest absolute Gasteiger partial charge is 0.423 e. The van der Waals surface area contributed by atoms with E-state index in [1.165, 1.54) is 12.4 Å². The van der Waals surface area contributed by atoms with Crippen LogP contribution in [0.25, 0.3) is 0 Å². The topological polar surface area (TPSA) is 69.5 Å². The zero-order valence-corrected chi connectivity index (χ0v) is 10.3. The summed E-state index contributed by atoms with van der Waals surface area (Å²) in [6.07, 6.45) is 5.18. The van der Waals surface area contributed by atoms with Crippen LogP contribution in [0, 0.1) is 5.41 Å². The Bertz CT molecular complexity index is 371. The van der Waals surface area contributed by atoms with E-state index < -0.39 is 7.12 Å².